The molecule has 0 saturated carbocycles. The molecule has 0 spiro atoms. The van der Waals surface area contributed by atoms with E-state index in [9.17, 15) is 4.79 Å². The number of hydrogen-bond donors (Lipinski definition) is 1. The third-order valence-corrected chi connectivity index (χ3v) is 3.75. The summed E-state index contributed by atoms with van der Waals surface area (Å²) in [5.41, 5.74) is 0. The molecule has 0 radical (unpaired) electrons. The molecule has 19 heavy (non-hydrogen) atoms. The van der Waals surface area contributed by atoms with Gasteiger partial charge in [-0.15, -0.1) is 11.6 Å². The van der Waals surface area contributed by atoms with Crippen LogP contribution in [-0.2, 0) is 4.79 Å². The van der Waals surface area contributed by atoms with E-state index in [0.717, 1.165) is 25.3 Å². The lowest BCUT2D eigenvalue weighted by atomic mass is 10.2. The molecule has 1 aromatic heterocycles. The second-order valence-corrected chi connectivity index (χ2v) is 5.25. The van der Waals surface area contributed by atoms with E-state index in [4.69, 9.17) is 16.0 Å². The van der Waals surface area contributed by atoms with E-state index >= 15 is 0 Å². The Balaban J connectivity index is 1.89. The number of amides is 1. The molecule has 1 aromatic rings. The molecule has 1 atom stereocenters. The number of furan rings is 1. The van der Waals surface area contributed by atoms with Crippen LogP contribution in [0.1, 0.15) is 37.5 Å². The Morgan fingerprint density at radius 3 is 2.89 bits per heavy atom. The molecule has 1 fully saturated rings. The Kier molecular flexibility index (Phi) is 5.73. The lowest BCUT2D eigenvalue weighted by molar-refractivity contribution is -0.121. The van der Waals surface area contributed by atoms with Gasteiger partial charge in [0.2, 0.25) is 5.91 Å². The van der Waals surface area contributed by atoms with E-state index in [1.54, 1.807) is 6.26 Å². The molecule has 1 aliphatic heterocycles. The van der Waals surface area contributed by atoms with E-state index in [1.807, 2.05) is 12.1 Å². The molecule has 2 rings (SSSR count). The fraction of sp³-hybridized carbons (Fsp3) is 0.643. The van der Waals surface area contributed by atoms with Crippen molar-refractivity contribution >= 4 is 17.5 Å². The van der Waals surface area contributed by atoms with Gasteiger partial charge in [-0.05, 0) is 44.5 Å². The van der Waals surface area contributed by atoms with Gasteiger partial charge in [-0.2, -0.15) is 0 Å². The van der Waals surface area contributed by atoms with Gasteiger partial charge in [0.1, 0.15) is 5.76 Å². The summed E-state index contributed by atoms with van der Waals surface area (Å²) in [4.78, 5) is 14.0. The maximum atomic E-state index is 11.7. The third-order valence-electron chi connectivity index (χ3n) is 3.48. The predicted molar refractivity (Wildman–Crippen MR) is 75.2 cm³/mol. The summed E-state index contributed by atoms with van der Waals surface area (Å²) >= 11 is 5.59. The smallest absolute Gasteiger partial charge is 0.220 e. The van der Waals surface area contributed by atoms with Crippen LogP contribution in [0.3, 0.4) is 0 Å². The molecule has 1 N–H and O–H groups in total. The fourth-order valence-electron chi connectivity index (χ4n) is 2.47. The minimum absolute atomic E-state index is 0.0661. The SMILES string of the molecule is O=C(CCCCl)NCC(c1ccco1)N1CCCC1. The van der Waals surface area contributed by atoms with Gasteiger partial charge in [0.15, 0.2) is 0 Å². The molecule has 2 heterocycles. The summed E-state index contributed by atoms with van der Waals surface area (Å²) in [5.74, 6) is 1.53. The van der Waals surface area contributed by atoms with Crippen molar-refractivity contribution in [3.8, 4) is 0 Å². The van der Waals surface area contributed by atoms with Gasteiger partial charge >= 0.3 is 0 Å². The number of alkyl halides is 1. The number of nitrogens with zero attached hydrogens (tertiary/aromatic N) is 1. The highest BCUT2D eigenvalue weighted by Crippen LogP contribution is 2.24. The van der Waals surface area contributed by atoms with Gasteiger partial charge in [-0.25, -0.2) is 0 Å². The number of carbonyl (C=O) groups excluding carboxylic acids is 1. The van der Waals surface area contributed by atoms with E-state index in [1.165, 1.54) is 12.8 Å². The average Bonchev–Trinajstić information content (AvgIpc) is 3.09. The first-order valence-corrected chi connectivity index (χ1v) is 7.45. The fourth-order valence-corrected chi connectivity index (χ4v) is 2.60. The van der Waals surface area contributed by atoms with Crippen molar-refractivity contribution < 1.29 is 9.21 Å². The number of nitrogens with one attached hydrogen (secondary N) is 1. The molecule has 4 nitrogen and oxygen atoms in total. The van der Waals surface area contributed by atoms with E-state index in [-0.39, 0.29) is 11.9 Å². The molecule has 0 bridgehead atoms. The molecular weight excluding hydrogens is 264 g/mol. The summed E-state index contributed by atoms with van der Waals surface area (Å²) in [6, 6.07) is 4.03. The molecule has 1 aliphatic rings. The quantitative estimate of drug-likeness (QED) is 0.783. The van der Waals surface area contributed by atoms with Crippen LogP contribution in [0.2, 0.25) is 0 Å². The molecule has 1 unspecified atom stereocenters. The monoisotopic (exact) mass is 284 g/mol. The molecule has 1 amide bonds. The van der Waals surface area contributed by atoms with Crippen molar-refractivity contribution in [1.82, 2.24) is 10.2 Å². The minimum atomic E-state index is 0.0661. The van der Waals surface area contributed by atoms with Crippen molar-refractivity contribution in [1.29, 1.82) is 0 Å². The highest BCUT2D eigenvalue weighted by molar-refractivity contribution is 6.17. The number of rotatable bonds is 7. The first-order chi connectivity index (χ1) is 9.31. The van der Waals surface area contributed by atoms with Crippen LogP contribution in [0.15, 0.2) is 22.8 Å². The molecule has 1 saturated heterocycles. The number of hydrogen-bond acceptors (Lipinski definition) is 3. The van der Waals surface area contributed by atoms with E-state index in [2.05, 4.69) is 10.2 Å². The Labute approximate surface area is 119 Å². The van der Waals surface area contributed by atoms with Crippen molar-refractivity contribution in [2.75, 3.05) is 25.5 Å². The van der Waals surface area contributed by atoms with Gasteiger partial charge < -0.3 is 9.73 Å². The maximum Gasteiger partial charge on any atom is 0.220 e. The summed E-state index contributed by atoms with van der Waals surface area (Å²) in [5, 5.41) is 2.98. The normalized spacial score (nSPS) is 17.5. The van der Waals surface area contributed by atoms with Crippen LogP contribution >= 0.6 is 11.6 Å². The first kappa shape index (κ1) is 14.4. The van der Waals surface area contributed by atoms with Crippen molar-refractivity contribution in [3.63, 3.8) is 0 Å². The Hall–Kier alpha value is -1.00. The summed E-state index contributed by atoms with van der Waals surface area (Å²) in [7, 11) is 0. The van der Waals surface area contributed by atoms with Gasteiger partial charge in [-0.1, -0.05) is 0 Å². The largest absolute Gasteiger partial charge is 0.468 e. The Morgan fingerprint density at radius 2 is 2.26 bits per heavy atom. The molecule has 106 valence electrons. The van der Waals surface area contributed by atoms with Crippen LogP contribution in [0, 0.1) is 0 Å². The van der Waals surface area contributed by atoms with E-state index < -0.39 is 0 Å². The van der Waals surface area contributed by atoms with Crippen LogP contribution in [0.5, 0.6) is 0 Å². The van der Waals surface area contributed by atoms with Crippen LogP contribution in [0.4, 0.5) is 0 Å². The number of halogens is 1. The van der Waals surface area contributed by atoms with E-state index in [0.29, 0.717) is 18.8 Å². The summed E-state index contributed by atoms with van der Waals surface area (Å²) < 4.78 is 5.51. The first-order valence-electron chi connectivity index (χ1n) is 6.91. The topological polar surface area (TPSA) is 45.5 Å². The van der Waals surface area contributed by atoms with Gasteiger partial charge in [0.05, 0.1) is 12.3 Å². The number of carbonyl (C=O) groups is 1. The van der Waals surface area contributed by atoms with Crippen molar-refractivity contribution in [3.05, 3.63) is 24.2 Å². The molecular formula is C14H21ClN2O2. The zero-order chi connectivity index (χ0) is 13.5. The predicted octanol–water partition coefficient (Wildman–Crippen LogP) is 2.55. The average molecular weight is 285 g/mol. The Morgan fingerprint density at radius 1 is 1.47 bits per heavy atom. The highest BCUT2D eigenvalue weighted by atomic mass is 35.5. The van der Waals surface area contributed by atoms with Crippen LogP contribution < -0.4 is 5.32 Å². The second-order valence-electron chi connectivity index (χ2n) is 4.87. The van der Waals surface area contributed by atoms with Crippen molar-refractivity contribution in [2.24, 2.45) is 0 Å². The standard InChI is InChI=1S/C14H21ClN2O2/c15-7-3-6-14(18)16-11-12(13-5-4-10-19-13)17-8-1-2-9-17/h4-5,10,12H,1-3,6-9,11H2,(H,16,18). The molecule has 5 heteroatoms. The zero-order valence-electron chi connectivity index (χ0n) is 11.1. The number of likely N-dealkylation sites (tertiary alicyclic amines) is 1. The van der Waals surface area contributed by atoms with Crippen molar-refractivity contribution in [2.45, 2.75) is 31.7 Å². The van der Waals surface area contributed by atoms with Gasteiger partial charge in [0, 0.05) is 18.8 Å². The van der Waals surface area contributed by atoms with Gasteiger partial charge in [-0.3, -0.25) is 9.69 Å². The van der Waals surface area contributed by atoms with Crippen LogP contribution in [-0.4, -0.2) is 36.3 Å². The highest BCUT2D eigenvalue weighted by Gasteiger charge is 2.25. The third kappa shape index (κ3) is 4.25. The summed E-state index contributed by atoms with van der Waals surface area (Å²) in [6.45, 7) is 2.75. The lowest BCUT2D eigenvalue weighted by Crippen LogP contribution is -2.36. The van der Waals surface area contributed by atoms with Gasteiger partial charge in [0.25, 0.3) is 0 Å². The molecule has 0 aliphatic carbocycles. The van der Waals surface area contributed by atoms with Crippen LogP contribution in [0.25, 0.3) is 0 Å². The Bertz CT molecular complexity index is 375. The molecule has 0 aromatic carbocycles. The maximum absolute atomic E-state index is 11.7. The zero-order valence-corrected chi connectivity index (χ0v) is 11.9. The second kappa shape index (κ2) is 7.56. The summed E-state index contributed by atoms with van der Waals surface area (Å²) in [6.07, 6.45) is 5.35. The lowest BCUT2D eigenvalue weighted by Gasteiger charge is -2.26. The minimum Gasteiger partial charge on any atom is -0.468 e.